The van der Waals surface area contributed by atoms with Crippen LogP contribution in [0.3, 0.4) is 0 Å². The summed E-state index contributed by atoms with van der Waals surface area (Å²) in [4.78, 5) is 0. The van der Waals surface area contributed by atoms with Gasteiger partial charge in [0.05, 0.1) is 6.07 Å². The SMILES string of the molecule is CC/C=C(C#N)\C=C(/C)C(F)(F)F. The summed E-state index contributed by atoms with van der Waals surface area (Å²) in [6.45, 7) is 2.70. The molecule has 0 rings (SSSR count). The number of nitriles is 1. The lowest BCUT2D eigenvalue weighted by Crippen LogP contribution is -2.08. The Balaban J connectivity index is 4.75. The first-order valence-electron chi connectivity index (χ1n) is 3.77. The van der Waals surface area contributed by atoms with Gasteiger partial charge in [-0.05, 0) is 19.4 Å². The predicted octanol–water partition coefficient (Wildman–Crippen LogP) is 3.35. The monoisotopic (exact) mass is 189 g/mol. The molecule has 1 nitrogen and oxygen atoms in total. The van der Waals surface area contributed by atoms with Crippen LogP contribution in [0, 0.1) is 11.3 Å². The van der Waals surface area contributed by atoms with Crippen LogP contribution < -0.4 is 0 Å². The number of rotatable bonds is 2. The molecular weight excluding hydrogens is 179 g/mol. The second-order valence-corrected chi connectivity index (χ2v) is 2.50. The van der Waals surface area contributed by atoms with E-state index in [9.17, 15) is 13.2 Å². The number of halogens is 3. The molecule has 0 atom stereocenters. The van der Waals surface area contributed by atoms with Crippen molar-refractivity contribution in [3.05, 3.63) is 23.3 Å². The third-order valence-electron chi connectivity index (χ3n) is 1.37. The van der Waals surface area contributed by atoms with E-state index in [1.807, 2.05) is 0 Å². The molecule has 0 aromatic carbocycles. The second kappa shape index (κ2) is 4.70. The van der Waals surface area contributed by atoms with Gasteiger partial charge in [0, 0.05) is 11.1 Å². The van der Waals surface area contributed by atoms with Crippen LogP contribution in [0.15, 0.2) is 23.3 Å². The van der Waals surface area contributed by atoms with E-state index in [0.717, 1.165) is 13.0 Å². The van der Waals surface area contributed by atoms with Gasteiger partial charge in [-0.3, -0.25) is 0 Å². The molecule has 13 heavy (non-hydrogen) atoms. The van der Waals surface area contributed by atoms with Crippen molar-refractivity contribution in [2.24, 2.45) is 0 Å². The molecular formula is C9H10F3N. The fraction of sp³-hybridized carbons (Fsp3) is 0.444. The van der Waals surface area contributed by atoms with Crippen LogP contribution in [0.25, 0.3) is 0 Å². The van der Waals surface area contributed by atoms with Crippen LogP contribution in [0.1, 0.15) is 20.3 Å². The summed E-state index contributed by atoms with van der Waals surface area (Å²) in [7, 11) is 0. The molecule has 0 amide bonds. The van der Waals surface area contributed by atoms with Crippen molar-refractivity contribution in [1.29, 1.82) is 5.26 Å². The summed E-state index contributed by atoms with van der Waals surface area (Å²) < 4.78 is 35.9. The molecule has 0 aromatic rings. The van der Waals surface area contributed by atoms with Crippen molar-refractivity contribution in [3.8, 4) is 6.07 Å². The highest BCUT2D eigenvalue weighted by molar-refractivity contribution is 5.35. The first-order valence-corrected chi connectivity index (χ1v) is 3.77. The Morgan fingerprint density at radius 1 is 1.46 bits per heavy atom. The topological polar surface area (TPSA) is 23.8 Å². The lowest BCUT2D eigenvalue weighted by Gasteiger charge is -2.05. The standard InChI is InChI=1S/C9H10F3N/c1-3-4-8(6-13)5-7(2)9(10,11)12/h4-5H,3H2,1-2H3/b7-5+,8-4+. The Labute approximate surface area is 75.2 Å². The largest absolute Gasteiger partial charge is 0.412 e. The summed E-state index contributed by atoms with van der Waals surface area (Å²) in [5, 5.41) is 8.44. The van der Waals surface area contributed by atoms with E-state index in [-0.39, 0.29) is 5.57 Å². The minimum absolute atomic E-state index is 0.0531. The molecule has 0 aromatic heterocycles. The van der Waals surface area contributed by atoms with E-state index in [2.05, 4.69) is 0 Å². The van der Waals surface area contributed by atoms with Crippen LogP contribution in [0.4, 0.5) is 13.2 Å². The van der Waals surface area contributed by atoms with Gasteiger partial charge in [0.25, 0.3) is 0 Å². The number of hydrogen-bond donors (Lipinski definition) is 0. The van der Waals surface area contributed by atoms with Crippen LogP contribution >= 0.6 is 0 Å². The molecule has 0 aliphatic heterocycles. The zero-order valence-corrected chi connectivity index (χ0v) is 7.44. The van der Waals surface area contributed by atoms with Gasteiger partial charge in [0.15, 0.2) is 0 Å². The van der Waals surface area contributed by atoms with Gasteiger partial charge in [0.1, 0.15) is 0 Å². The van der Waals surface area contributed by atoms with Gasteiger partial charge in [0.2, 0.25) is 0 Å². The summed E-state index contributed by atoms with van der Waals surface area (Å²) in [5.74, 6) is 0. The molecule has 0 aliphatic carbocycles. The Bertz CT molecular complexity index is 266. The van der Waals surface area contributed by atoms with E-state index in [1.54, 1.807) is 13.0 Å². The van der Waals surface area contributed by atoms with Crippen LogP contribution in [0.5, 0.6) is 0 Å². The van der Waals surface area contributed by atoms with Gasteiger partial charge >= 0.3 is 6.18 Å². The first-order chi connectivity index (χ1) is 5.91. The van der Waals surface area contributed by atoms with Crippen LogP contribution in [-0.4, -0.2) is 6.18 Å². The quantitative estimate of drug-likeness (QED) is 0.482. The van der Waals surface area contributed by atoms with E-state index < -0.39 is 11.7 Å². The van der Waals surface area contributed by atoms with Crippen LogP contribution in [0.2, 0.25) is 0 Å². The molecule has 0 spiro atoms. The van der Waals surface area contributed by atoms with Gasteiger partial charge in [-0.15, -0.1) is 0 Å². The first kappa shape index (κ1) is 11.8. The highest BCUT2D eigenvalue weighted by atomic mass is 19.4. The molecule has 0 radical (unpaired) electrons. The fourth-order valence-corrected chi connectivity index (χ4v) is 0.672. The molecule has 0 unspecified atom stereocenters. The van der Waals surface area contributed by atoms with Crippen molar-refractivity contribution in [2.75, 3.05) is 0 Å². The zero-order chi connectivity index (χ0) is 10.5. The Morgan fingerprint density at radius 2 is 2.00 bits per heavy atom. The molecule has 4 heteroatoms. The van der Waals surface area contributed by atoms with Crippen molar-refractivity contribution in [2.45, 2.75) is 26.4 Å². The lowest BCUT2D eigenvalue weighted by atomic mass is 10.1. The minimum atomic E-state index is -4.34. The molecule has 0 saturated carbocycles. The third kappa shape index (κ3) is 4.36. The van der Waals surface area contributed by atoms with Gasteiger partial charge < -0.3 is 0 Å². The van der Waals surface area contributed by atoms with E-state index in [1.165, 1.54) is 6.08 Å². The summed E-state index contributed by atoms with van der Waals surface area (Å²) in [5.41, 5.74) is -0.703. The van der Waals surface area contributed by atoms with Crippen molar-refractivity contribution < 1.29 is 13.2 Å². The highest BCUT2D eigenvalue weighted by Gasteiger charge is 2.29. The van der Waals surface area contributed by atoms with E-state index in [0.29, 0.717) is 6.42 Å². The van der Waals surface area contributed by atoms with Crippen LogP contribution in [-0.2, 0) is 0 Å². The molecule has 0 N–H and O–H groups in total. The minimum Gasteiger partial charge on any atom is -0.192 e. The summed E-state index contributed by atoms with van der Waals surface area (Å²) in [6.07, 6.45) is -1.49. The number of alkyl halides is 3. The second-order valence-electron chi connectivity index (χ2n) is 2.50. The summed E-state index contributed by atoms with van der Waals surface area (Å²) in [6, 6.07) is 1.69. The zero-order valence-electron chi connectivity index (χ0n) is 7.44. The smallest absolute Gasteiger partial charge is 0.192 e. The van der Waals surface area contributed by atoms with Crippen molar-refractivity contribution >= 4 is 0 Å². The highest BCUT2D eigenvalue weighted by Crippen LogP contribution is 2.25. The normalized spacial score (nSPS) is 14.2. The number of nitrogens with zero attached hydrogens (tertiary/aromatic N) is 1. The molecule has 0 fully saturated rings. The Kier molecular flexibility index (Phi) is 4.26. The van der Waals surface area contributed by atoms with Crippen molar-refractivity contribution in [1.82, 2.24) is 0 Å². The van der Waals surface area contributed by atoms with Gasteiger partial charge in [-0.1, -0.05) is 13.0 Å². The number of hydrogen-bond acceptors (Lipinski definition) is 1. The molecule has 0 heterocycles. The molecule has 0 bridgehead atoms. The van der Waals surface area contributed by atoms with Gasteiger partial charge in [-0.25, -0.2) is 0 Å². The Hall–Kier alpha value is -1.24. The fourth-order valence-electron chi connectivity index (χ4n) is 0.672. The maximum atomic E-state index is 12.0. The van der Waals surface area contributed by atoms with E-state index >= 15 is 0 Å². The summed E-state index contributed by atoms with van der Waals surface area (Å²) >= 11 is 0. The van der Waals surface area contributed by atoms with Gasteiger partial charge in [-0.2, -0.15) is 18.4 Å². The molecule has 0 aliphatic rings. The lowest BCUT2D eigenvalue weighted by molar-refractivity contribution is -0.0913. The maximum Gasteiger partial charge on any atom is 0.412 e. The average Bonchev–Trinajstić information content (AvgIpc) is 2.01. The molecule has 0 saturated heterocycles. The molecule has 72 valence electrons. The Morgan fingerprint density at radius 3 is 2.31 bits per heavy atom. The number of allylic oxidation sites excluding steroid dienone is 4. The van der Waals surface area contributed by atoms with E-state index in [4.69, 9.17) is 5.26 Å². The average molecular weight is 189 g/mol. The predicted molar refractivity (Wildman–Crippen MR) is 43.8 cm³/mol. The maximum absolute atomic E-state index is 12.0. The van der Waals surface area contributed by atoms with Crippen molar-refractivity contribution in [3.63, 3.8) is 0 Å². The third-order valence-corrected chi connectivity index (χ3v) is 1.37.